The van der Waals surface area contributed by atoms with Crippen LogP contribution < -0.4 is 10.6 Å². The summed E-state index contributed by atoms with van der Waals surface area (Å²) >= 11 is 0. The first-order valence-corrected chi connectivity index (χ1v) is 6.66. The molecule has 0 bridgehead atoms. The van der Waals surface area contributed by atoms with Crippen molar-refractivity contribution in [2.45, 2.75) is 19.0 Å². The average Bonchev–Trinajstić information content (AvgIpc) is 2.43. The third kappa shape index (κ3) is 2.51. The van der Waals surface area contributed by atoms with E-state index in [0.717, 1.165) is 23.7 Å². The Morgan fingerprint density at radius 3 is 2.80 bits per heavy atom. The number of hydrogen-bond acceptors (Lipinski definition) is 2. The standard InChI is InChI=1S/C16H16F2N2/c17-13-5-6-15(18)12(7-13)9-20-10-14(19)8-11-3-1-2-4-16(11)20/h1-7,14H,8-10,19H2. The lowest BCUT2D eigenvalue weighted by Crippen LogP contribution is -2.43. The molecular weight excluding hydrogens is 258 g/mol. The van der Waals surface area contributed by atoms with Crippen LogP contribution in [0.5, 0.6) is 0 Å². The van der Waals surface area contributed by atoms with Gasteiger partial charge in [0.2, 0.25) is 0 Å². The second-order valence-corrected chi connectivity index (χ2v) is 5.21. The fourth-order valence-electron chi connectivity index (χ4n) is 2.74. The Morgan fingerprint density at radius 1 is 1.15 bits per heavy atom. The van der Waals surface area contributed by atoms with Crippen molar-refractivity contribution >= 4 is 5.69 Å². The molecule has 4 heteroatoms. The number of nitrogens with zero attached hydrogens (tertiary/aromatic N) is 1. The molecule has 2 aromatic rings. The number of fused-ring (bicyclic) bond motifs is 1. The summed E-state index contributed by atoms with van der Waals surface area (Å²) in [6.07, 6.45) is 0.818. The molecule has 0 saturated heterocycles. The van der Waals surface area contributed by atoms with Crippen LogP contribution in [-0.4, -0.2) is 12.6 Å². The van der Waals surface area contributed by atoms with Gasteiger partial charge in [0.25, 0.3) is 0 Å². The van der Waals surface area contributed by atoms with Gasteiger partial charge in [-0.1, -0.05) is 18.2 Å². The molecule has 0 fully saturated rings. The van der Waals surface area contributed by atoms with E-state index < -0.39 is 5.82 Å². The Morgan fingerprint density at radius 2 is 1.95 bits per heavy atom. The molecular formula is C16H16F2N2. The van der Waals surface area contributed by atoms with Gasteiger partial charge in [0, 0.05) is 30.4 Å². The van der Waals surface area contributed by atoms with Crippen LogP contribution in [0.2, 0.25) is 0 Å². The van der Waals surface area contributed by atoms with E-state index in [-0.39, 0.29) is 11.9 Å². The molecule has 1 heterocycles. The van der Waals surface area contributed by atoms with Crippen molar-refractivity contribution in [1.82, 2.24) is 0 Å². The van der Waals surface area contributed by atoms with Gasteiger partial charge in [0.1, 0.15) is 11.6 Å². The van der Waals surface area contributed by atoms with Crippen molar-refractivity contribution in [1.29, 1.82) is 0 Å². The first-order valence-electron chi connectivity index (χ1n) is 6.66. The molecule has 1 aliphatic rings. The van der Waals surface area contributed by atoms with Crippen LogP contribution >= 0.6 is 0 Å². The summed E-state index contributed by atoms with van der Waals surface area (Å²) in [5.41, 5.74) is 8.62. The van der Waals surface area contributed by atoms with E-state index in [9.17, 15) is 8.78 Å². The largest absolute Gasteiger partial charge is 0.365 e. The lowest BCUT2D eigenvalue weighted by Gasteiger charge is -2.34. The molecule has 104 valence electrons. The highest BCUT2D eigenvalue weighted by Crippen LogP contribution is 2.28. The predicted octanol–water partition coefficient (Wildman–Crippen LogP) is 2.85. The number of rotatable bonds is 2. The topological polar surface area (TPSA) is 29.3 Å². The van der Waals surface area contributed by atoms with Gasteiger partial charge in [-0.05, 0) is 36.2 Å². The third-order valence-electron chi connectivity index (χ3n) is 3.64. The van der Waals surface area contributed by atoms with Crippen molar-refractivity contribution in [3.05, 3.63) is 65.2 Å². The minimum Gasteiger partial charge on any atom is -0.365 e. The molecule has 0 saturated carbocycles. The molecule has 2 N–H and O–H groups in total. The maximum absolute atomic E-state index is 13.8. The van der Waals surface area contributed by atoms with E-state index >= 15 is 0 Å². The number of benzene rings is 2. The SMILES string of the molecule is NC1Cc2ccccc2N(Cc2cc(F)ccc2F)C1. The van der Waals surface area contributed by atoms with Crippen LogP contribution in [0.3, 0.4) is 0 Å². The van der Waals surface area contributed by atoms with Crippen molar-refractivity contribution in [3.8, 4) is 0 Å². The first-order chi connectivity index (χ1) is 9.63. The fourth-order valence-corrected chi connectivity index (χ4v) is 2.74. The summed E-state index contributed by atoms with van der Waals surface area (Å²) in [6, 6.07) is 11.5. The Bertz CT molecular complexity index is 628. The minimum atomic E-state index is -0.420. The summed E-state index contributed by atoms with van der Waals surface area (Å²) in [5.74, 6) is -0.806. The highest BCUT2D eigenvalue weighted by molar-refractivity contribution is 5.56. The molecule has 1 aliphatic heterocycles. The predicted molar refractivity (Wildman–Crippen MR) is 75.5 cm³/mol. The lowest BCUT2D eigenvalue weighted by atomic mass is 9.98. The van der Waals surface area contributed by atoms with Crippen molar-refractivity contribution in [2.24, 2.45) is 5.73 Å². The number of nitrogens with two attached hydrogens (primary N) is 1. The van der Waals surface area contributed by atoms with Gasteiger partial charge in [0.05, 0.1) is 0 Å². The summed E-state index contributed by atoms with van der Waals surface area (Å²) in [4.78, 5) is 2.02. The van der Waals surface area contributed by atoms with Crippen LogP contribution in [-0.2, 0) is 13.0 Å². The van der Waals surface area contributed by atoms with E-state index in [1.165, 1.54) is 12.1 Å². The Labute approximate surface area is 116 Å². The van der Waals surface area contributed by atoms with Crippen molar-refractivity contribution in [2.75, 3.05) is 11.4 Å². The molecule has 0 amide bonds. The molecule has 0 aliphatic carbocycles. The Kier molecular flexibility index (Phi) is 3.40. The highest BCUT2D eigenvalue weighted by Gasteiger charge is 2.22. The van der Waals surface area contributed by atoms with Crippen LogP contribution in [0.4, 0.5) is 14.5 Å². The van der Waals surface area contributed by atoms with Gasteiger partial charge in [-0.3, -0.25) is 0 Å². The Balaban J connectivity index is 1.93. The molecule has 0 spiro atoms. The van der Waals surface area contributed by atoms with Gasteiger partial charge < -0.3 is 10.6 Å². The van der Waals surface area contributed by atoms with E-state index in [4.69, 9.17) is 5.73 Å². The molecule has 3 rings (SSSR count). The zero-order valence-electron chi connectivity index (χ0n) is 11.0. The molecule has 0 aromatic heterocycles. The van der Waals surface area contributed by atoms with Gasteiger partial charge in [-0.25, -0.2) is 8.78 Å². The Hall–Kier alpha value is -1.94. The fraction of sp³-hybridized carbons (Fsp3) is 0.250. The van der Waals surface area contributed by atoms with E-state index in [1.54, 1.807) is 0 Å². The van der Waals surface area contributed by atoms with Crippen LogP contribution in [0.1, 0.15) is 11.1 Å². The number of hydrogen-bond donors (Lipinski definition) is 1. The summed E-state index contributed by atoms with van der Waals surface area (Å²) < 4.78 is 27.0. The molecule has 20 heavy (non-hydrogen) atoms. The molecule has 1 atom stereocenters. The van der Waals surface area contributed by atoms with E-state index in [2.05, 4.69) is 0 Å². The maximum Gasteiger partial charge on any atom is 0.128 e. The zero-order chi connectivity index (χ0) is 14.1. The summed E-state index contributed by atoms with van der Waals surface area (Å²) in [6.45, 7) is 0.973. The van der Waals surface area contributed by atoms with Crippen LogP contribution in [0, 0.1) is 11.6 Å². The van der Waals surface area contributed by atoms with Gasteiger partial charge in [-0.15, -0.1) is 0 Å². The smallest absolute Gasteiger partial charge is 0.128 e. The summed E-state index contributed by atoms with van der Waals surface area (Å²) in [5, 5.41) is 0. The van der Waals surface area contributed by atoms with Gasteiger partial charge in [-0.2, -0.15) is 0 Å². The quantitative estimate of drug-likeness (QED) is 0.912. The van der Waals surface area contributed by atoms with Crippen LogP contribution in [0.15, 0.2) is 42.5 Å². The average molecular weight is 274 g/mol. The molecule has 2 aromatic carbocycles. The number of para-hydroxylation sites is 1. The summed E-state index contributed by atoms with van der Waals surface area (Å²) in [7, 11) is 0. The van der Waals surface area contributed by atoms with Crippen molar-refractivity contribution in [3.63, 3.8) is 0 Å². The first kappa shape index (κ1) is 13.1. The number of anilines is 1. The van der Waals surface area contributed by atoms with E-state index in [0.29, 0.717) is 18.7 Å². The highest BCUT2D eigenvalue weighted by atomic mass is 19.1. The second kappa shape index (κ2) is 5.21. The molecule has 2 nitrogen and oxygen atoms in total. The normalized spacial score (nSPS) is 17.9. The number of halogens is 2. The minimum absolute atomic E-state index is 0.0153. The van der Waals surface area contributed by atoms with Gasteiger partial charge >= 0.3 is 0 Å². The van der Waals surface area contributed by atoms with Crippen molar-refractivity contribution < 1.29 is 8.78 Å². The third-order valence-corrected chi connectivity index (χ3v) is 3.64. The van der Waals surface area contributed by atoms with E-state index in [1.807, 2.05) is 29.2 Å². The molecule has 1 unspecified atom stereocenters. The monoisotopic (exact) mass is 274 g/mol. The molecule has 0 radical (unpaired) electrons. The maximum atomic E-state index is 13.8. The second-order valence-electron chi connectivity index (χ2n) is 5.21. The van der Waals surface area contributed by atoms with Crippen LogP contribution in [0.25, 0.3) is 0 Å². The zero-order valence-corrected chi connectivity index (χ0v) is 11.0. The lowest BCUT2D eigenvalue weighted by molar-refractivity contribution is 0.562. The van der Waals surface area contributed by atoms with Gasteiger partial charge in [0.15, 0.2) is 0 Å².